The Bertz CT molecular complexity index is 1280. The Balaban J connectivity index is 2.02. The number of aliphatic hydroxyl groups excluding tert-OH is 1. The zero-order valence-corrected chi connectivity index (χ0v) is 18.7. The van der Waals surface area contributed by atoms with Gasteiger partial charge in [-0.25, -0.2) is 13.2 Å². The molecule has 9 nitrogen and oxygen atoms in total. The van der Waals surface area contributed by atoms with Gasteiger partial charge in [-0.2, -0.15) is 0 Å². The zero-order chi connectivity index (χ0) is 24.2. The molecule has 0 aliphatic heterocycles. The van der Waals surface area contributed by atoms with Crippen LogP contribution in [0.15, 0.2) is 72.1 Å². The van der Waals surface area contributed by atoms with Gasteiger partial charge in [0.1, 0.15) is 17.7 Å². The fourth-order valence-corrected chi connectivity index (χ4v) is 4.67. The number of aromatic carboxylic acids is 1. The number of aliphatic hydroxyl groups is 1. The summed E-state index contributed by atoms with van der Waals surface area (Å²) in [4.78, 5) is 11.5. The second-order valence-electron chi connectivity index (χ2n) is 7.20. The number of hydrogen-bond acceptors (Lipinski definition) is 6. The van der Waals surface area contributed by atoms with Gasteiger partial charge < -0.3 is 25.3 Å². The lowest BCUT2D eigenvalue weighted by molar-refractivity contribution is 0.0686. The maximum Gasteiger partial charge on any atom is 0.352 e. The third-order valence-electron chi connectivity index (χ3n) is 4.96. The van der Waals surface area contributed by atoms with Crippen LogP contribution in [0.2, 0.25) is 0 Å². The maximum absolute atomic E-state index is 13.2. The number of hydrogen-bond donors (Lipinski definition) is 4. The molecule has 5 N–H and O–H groups in total. The number of anilines is 1. The lowest BCUT2D eigenvalue weighted by atomic mass is 10.1. The number of nitrogens with zero attached hydrogens (tertiary/aromatic N) is 1. The average Bonchev–Trinajstić information content (AvgIpc) is 3.19. The molecule has 0 saturated heterocycles. The number of methoxy groups -OCH3 is 1. The molecule has 0 fully saturated rings. The van der Waals surface area contributed by atoms with Gasteiger partial charge in [-0.05, 0) is 42.0 Å². The fraction of sp³-hybridized carbons (Fsp3) is 0.174. The molecular formula is C23H25N3O6S. The number of nitrogens with two attached hydrogens (primary N) is 1. The number of aromatic nitrogens is 1. The van der Waals surface area contributed by atoms with Crippen molar-refractivity contribution in [1.82, 2.24) is 4.57 Å². The smallest absolute Gasteiger partial charge is 0.352 e. The van der Waals surface area contributed by atoms with Gasteiger partial charge in [-0.3, -0.25) is 4.72 Å². The van der Waals surface area contributed by atoms with Crippen LogP contribution in [0.3, 0.4) is 0 Å². The number of allylic oxidation sites excluding steroid dienone is 1. The highest BCUT2D eigenvalue weighted by atomic mass is 32.2. The molecule has 0 saturated carbocycles. The molecule has 2 aromatic carbocycles. The molecule has 33 heavy (non-hydrogen) atoms. The van der Waals surface area contributed by atoms with E-state index >= 15 is 0 Å². The summed E-state index contributed by atoms with van der Waals surface area (Å²) in [5.41, 5.74) is 7.29. The van der Waals surface area contributed by atoms with Crippen molar-refractivity contribution in [2.45, 2.75) is 24.1 Å². The topological polar surface area (TPSA) is 144 Å². The summed E-state index contributed by atoms with van der Waals surface area (Å²) in [5, 5.41) is 19.1. The molecular weight excluding hydrogens is 446 g/mol. The molecule has 0 radical (unpaired) electrons. The summed E-state index contributed by atoms with van der Waals surface area (Å²) in [6.07, 6.45) is 0.345. The predicted molar refractivity (Wildman–Crippen MR) is 125 cm³/mol. The van der Waals surface area contributed by atoms with E-state index in [0.717, 1.165) is 0 Å². The molecule has 1 unspecified atom stereocenters. The zero-order valence-electron chi connectivity index (χ0n) is 17.9. The van der Waals surface area contributed by atoms with Crippen LogP contribution in [0, 0.1) is 0 Å². The summed E-state index contributed by atoms with van der Waals surface area (Å²) >= 11 is 0. The monoisotopic (exact) mass is 471 g/mol. The molecule has 0 amide bonds. The van der Waals surface area contributed by atoms with E-state index in [2.05, 4.69) is 11.3 Å². The highest BCUT2D eigenvalue weighted by Gasteiger charge is 2.21. The van der Waals surface area contributed by atoms with Crippen molar-refractivity contribution in [3.8, 4) is 17.0 Å². The molecule has 3 rings (SSSR count). The van der Waals surface area contributed by atoms with E-state index in [1.807, 2.05) is 0 Å². The largest absolute Gasteiger partial charge is 0.496 e. The molecule has 1 atom stereocenters. The first kappa shape index (κ1) is 24.1. The van der Waals surface area contributed by atoms with Crippen LogP contribution in [0.1, 0.15) is 16.1 Å². The van der Waals surface area contributed by atoms with Gasteiger partial charge in [0, 0.05) is 24.2 Å². The lowest BCUT2D eigenvalue weighted by Gasteiger charge is -2.17. The minimum atomic E-state index is -4.04. The van der Waals surface area contributed by atoms with Crippen LogP contribution < -0.4 is 15.2 Å². The first-order chi connectivity index (χ1) is 15.7. The van der Waals surface area contributed by atoms with Crippen LogP contribution in [-0.4, -0.2) is 42.5 Å². The first-order valence-corrected chi connectivity index (χ1v) is 11.4. The van der Waals surface area contributed by atoms with E-state index in [1.165, 1.54) is 29.9 Å². The van der Waals surface area contributed by atoms with Gasteiger partial charge in [-0.1, -0.05) is 24.3 Å². The van der Waals surface area contributed by atoms with Crippen molar-refractivity contribution in [2.24, 2.45) is 5.73 Å². The van der Waals surface area contributed by atoms with Gasteiger partial charge in [0.2, 0.25) is 0 Å². The SMILES string of the molecule is C=CCn1c(C(=O)O)ccc1-c1cccc(S(=O)(=O)Nc2cccc(OC)c2CC(N)O)c1. The van der Waals surface area contributed by atoms with E-state index < -0.39 is 22.2 Å². The van der Waals surface area contributed by atoms with Crippen molar-refractivity contribution < 1.29 is 28.2 Å². The molecule has 3 aromatic rings. The second-order valence-corrected chi connectivity index (χ2v) is 8.88. The standard InChI is InChI=1S/C23H25N3O6S/c1-3-12-26-19(10-11-20(26)23(28)29)15-6-4-7-16(13-15)33(30,31)25-18-8-5-9-21(32-2)17(18)14-22(24)27/h3-11,13,22,25,27H,1,12,14,24H2,2H3,(H,28,29). The number of rotatable bonds is 10. The van der Waals surface area contributed by atoms with Gasteiger partial charge in [0.15, 0.2) is 0 Å². The summed E-state index contributed by atoms with van der Waals surface area (Å²) in [5.74, 6) is -0.710. The summed E-state index contributed by atoms with van der Waals surface area (Å²) in [7, 11) is -2.60. The minimum absolute atomic E-state index is 0.0189. The molecule has 10 heteroatoms. The molecule has 1 heterocycles. The third kappa shape index (κ3) is 5.25. The number of ether oxygens (including phenoxy) is 1. The van der Waals surface area contributed by atoms with Crippen molar-refractivity contribution in [3.63, 3.8) is 0 Å². The van der Waals surface area contributed by atoms with Gasteiger partial charge in [0.05, 0.1) is 17.7 Å². The molecule has 174 valence electrons. The van der Waals surface area contributed by atoms with E-state index in [0.29, 0.717) is 22.6 Å². The quantitative estimate of drug-likeness (QED) is 0.263. The van der Waals surface area contributed by atoms with Crippen molar-refractivity contribution >= 4 is 21.7 Å². The van der Waals surface area contributed by atoms with E-state index in [1.54, 1.807) is 42.5 Å². The Morgan fingerprint density at radius 2 is 1.97 bits per heavy atom. The summed E-state index contributed by atoms with van der Waals surface area (Å²) in [6, 6.07) is 14.1. The minimum Gasteiger partial charge on any atom is -0.496 e. The molecule has 0 aliphatic rings. The molecule has 1 aromatic heterocycles. The van der Waals surface area contributed by atoms with Gasteiger partial charge in [-0.15, -0.1) is 6.58 Å². The van der Waals surface area contributed by atoms with Crippen LogP contribution in [0.5, 0.6) is 5.75 Å². The normalized spacial score (nSPS) is 12.2. The van der Waals surface area contributed by atoms with Gasteiger partial charge in [0.25, 0.3) is 10.0 Å². The highest BCUT2D eigenvalue weighted by molar-refractivity contribution is 7.92. The van der Waals surface area contributed by atoms with E-state index in [4.69, 9.17) is 10.5 Å². The second kappa shape index (κ2) is 9.90. The Hall–Kier alpha value is -3.60. The molecule has 0 bridgehead atoms. The Labute approximate surface area is 191 Å². The number of carboxylic acid groups (broad SMARTS) is 1. The highest BCUT2D eigenvalue weighted by Crippen LogP contribution is 2.31. The maximum atomic E-state index is 13.2. The van der Waals surface area contributed by atoms with Crippen LogP contribution >= 0.6 is 0 Å². The number of sulfonamides is 1. The fourth-order valence-electron chi connectivity index (χ4n) is 3.53. The van der Waals surface area contributed by atoms with Crippen molar-refractivity contribution in [3.05, 3.63) is 78.5 Å². The van der Waals surface area contributed by atoms with E-state index in [9.17, 15) is 23.4 Å². The van der Waals surface area contributed by atoms with Crippen LogP contribution in [0.4, 0.5) is 5.69 Å². The number of nitrogens with one attached hydrogen (secondary N) is 1. The molecule has 0 spiro atoms. The van der Waals surface area contributed by atoms with Crippen LogP contribution in [0.25, 0.3) is 11.3 Å². The first-order valence-electron chi connectivity index (χ1n) is 9.94. The summed E-state index contributed by atoms with van der Waals surface area (Å²) < 4.78 is 35.7. The van der Waals surface area contributed by atoms with E-state index in [-0.39, 0.29) is 29.2 Å². The Kier molecular flexibility index (Phi) is 7.22. The molecule has 0 aliphatic carbocycles. The van der Waals surface area contributed by atoms with Crippen molar-refractivity contribution in [2.75, 3.05) is 11.8 Å². The average molecular weight is 472 g/mol. The predicted octanol–water partition coefficient (Wildman–Crippen LogP) is 2.67. The lowest BCUT2D eigenvalue weighted by Crippen LogP contribution is -2.23. The number of benzene rings is 2. The Morgan fingerprint density at radius 3 is 2.61 bits per heavy atom. The third-order valence-corrected chi connectivity index (χ3v) is 6.33. The Morgan fingerprint density at radius 1 is 1.24 bits per heavy atom. The summed E-state index contributed by atoms with van der Waals surface area (Å²) in [6.45, 7) is 3.90. The number of carbonyl (C=O) groups is 1. The van der Waals surface area contributed by atoms with Crippen molar-refractivity contribution in [1.29, 1.82) is 0 Å². The number of carboxylic acids is 1. The van der Waals surface area contributed by atoms with Gasteiger partial charge >= 0.3 is 5.97 Å². The van der Waals surface area contributed by atoms with Crippen LogP contribution in [-0.2, 0) is 23.0 Å².